The standard InChI is InChI=1S/C7H10N2O4S/c1-2-13-9-5-3-4-6(7(9)10)14(8,11)12/h3-5H,2H2,1H3,(H2,8,11,12). The highest BCUT2D eigenvalue weighted by Crippen LogP contribution is 1.97. The molecule has 1 aromatic rings. The number of nitrogens with two attached hydrogens (primary N) is 1. The van der Waals surface area contributed by atoms with Gasteiger partial charge >= 0.3 is 5.56 Å². The van der Waals surface area contributed by atoms with Crippen molar-refractivity contribution in [2.75, 3.05) is 6.61 Å². The molecule has 6 nitrogen and oxygen atoms in total. The van der Waals surface area contributed by atoms with Crippen LogP contribution in [-0.2, 0) is 10.0 Å². The Balaban J connectivity index is 3.36. The van der Waals surface area contributed by atoms with E-state index >= 15 is 0 Å². The molecule has 0 amide bonds. The van der Waals surface area contributed by atoms with E-state index in [9.17, 15) is 13.2 Å². The fourth-order valence-corrected chi connectivity index (χ4v) is 1.52. The summed E-state index contributed by atoms with van der Waals surface area (Å²) in [6, 6.07) is 2.50. The zero-order valence-corrected chi connectivity index (χ0v) is 8.32. The zero-order valence-electron chi connectivity index (χ0n) is 7.50. The van der Waals surface area contributed by atoms with Gasteiger partial charge in [-0.25, -0.2) is 13.6 Å². The quantitative estimate of drug-likeness (QED) is 0.700. The number of aromatic nitrogens is 1. The van der Waals surface area contributed by atoms with Gasteiger partial charge in [-0.05, 0) is 19.1 Å². The molecule has 1 rings (SSSR count). The molecule has 0 aromatic carbocycles. The SMILES string of the molecule is CCOn1cccc(S(N)(=O)=O)c1=O. The predicted molar refractivity (Wildman–Crippen MR) is 49.2 cm³/mol. The monoisotopic (exact) mass is 218 g/mol. The van der Waals surface area contributed by atoms with E-state index in [-0.39, 0.29) is 6.61 Å². The van der Waals surface area contributed by atoms with Gasteiger partial charge in [0.2, 0.25) is 10.0 Å². The number of hydrogen-bond acceptors (Lipinski definition) is 4. The van der Waals surface area contributed by atoms with Gasteiger partial charge in [0, 0.05) is 6.20 Å². The van der Waals surface area contributed by atoms with Crippen LogP contribution in [0.15, 0.2) is 28.0 Å². The summed E-state index contributed by atoms with van der Waals surface area (Å²) >= 11 is 0. The van der Waals surface area contributed by atoms with Crippen molar-refractivity contribution in [2.45, 2.75) is 11.8 Å². The van der Waals surface area contributed by atoms with Gasteiger partial charge in [0.25, 0.3) is 0 Å². The van der Waals surface area contributed by atoms with Gasteiger partial charge in [0.15, 0.2) is 4.90 Å². The third-order valence-corrected chi connectivity index (χ3v) is 2.38. The minimum absolute atomic E-state index is 0.258. The van der Waals surface area contributed by atoms with Gasteiger partial charge in [-0.1, -0.05) is 0 Å². The van der Waals surface area contributed by atoms with Crippen LogP contribution in [0, 0.1) is 0 Å². The summed E-state index contributed by atoms with van der Waals surface area (Å²) in [4.78, 5) is 15.8. The highest BCUT2D eigenvalue weighted by Gasteiger charge is 2.14. The maximum Gasteiger partial charge on any atom is 0.303 e. The Kier molecular flexibility index (Phi) is 2.92. The van der Waals surface area contributed by atoms with Crippen LogP contribution in [0.4, 0.5) is 0 Å². The van der Waals surface area contributed by atoms with Gasteiger partial charge in [-0.15, -0.1) is 0 Å². The number of rotatable bonds is 3. The molecule has 0 aliphatic heterocycles. The molecular formula is C7H10N2O4S. The molecule has 1 aromatic heterocycles. The molecule has 2 N–H and O–H groups in total. The smallest absolute Gasteiger partial charge is 0.303 e. The molecule has 0 fully saturated rings. The first kappa shape index (κ1) is 10.7. The average molecular weight is 218 g/mol. The highest BCUT2D eigenvalue weighted by molar-refractivity contribution is 7.89. The molecule has 0 aliphatic carbocycles. The van der Waals surface area contributed by atoms with Gasteiger partial charge in [0.1, 0.15) is 6.61 Å². The molecule has 7 heteroatoms. The molecular weight excluding hydrogens is 208 g/mol. The number of primary sulfonamides is 1. The summed E-state index contributed by atoms with van der Waals surface area (Å²) in [5, 5.41) is 4.83. The molecule has 14 heavy (non-hydrogen) atoms. The molecule has 0 atom stereocenters. The van der Waals surface area contributed by atoms with E-state index in [0.717, 1.165) is 10.8 Å². The minimum atomic E-state index is -3.99. The molecule has 1 heterocycles. The van der Waals surface area contributed by atoms with Crippen LogP contribution in [0.25, 0.3) is 0 Å². The Hall–Kier alpha value is -1.34. The zero-order chi connectivity index (χ0) is 10.8. The third-order valence-electron chi connectivity index (χ3n) is 1.45. The van der Waals surface area contributed by atoms with E-state index in [1.807, 2.05) is 0 Å². The van der Waals surface area contributed by atoms with E-state index in [2.05, 4.69) is 0 Å². The van der Waals surface area contributed by atoms with Crippen LogP contribution < -0.4 is 15.5 Å². The number of nitrogens with zero attached hydrogens (tertiary/aromatic N) is 1. The molecule has 78 valence electrons. The largest absolute Gasteiger partial charge is 0.411 e. The number of pyridine rings is 1. The second-order valence-corrected chi connectivity index (χ2v) is 4.00. The lowest BCUT2D eigenvalue weighted by atomic mass is 10.5. The lowest BCUT2D eigenvalue weighted by molar-refractivity contribution is 0.111. The Morgan fingerprint density at radius 3 is 2.71 bits per heavy atom. The first-order valence-electron chi connectivity index (χ1n) is 3.84. The highest BCUT2D eigenvalue weighted by atomic mass is 32.2. The summed E-state index contributed by atoms with van der Waals surface area (Å²) < 4.78 is 22.7. The van der Waals surface area contributed by atoms with Crippen molar-refractivity contribution in [3.63, 3.8) is 0 Å². The third kappa shape index (κ3) is 2.12. The van der Waals surface area contributed by atoms with Crippen molar-refractivity contribution in [3.8, 4) is 0 Å². The first-order chi connectivity index (χ1) is 6.46. The van der Waals surface area contributed by atoms with Gasteiger partial charge in [-0.2, -0.15) is 4.73 Å². The average Bonchev–Trinajstić information content (AvgIpc) is 2.07. The van der Waals surface area contributed by atoms with Crippen LogP contribution in [-0.4, -0.2) is 19.8 Å². The van der Waals surface area contributed by atoms with Gasteiger partial charge in [-0.3, -0.25) is 4.79 Å². The first-order valence-corrected chi connectivity index (χ1v) is 5.39. The van der Waals surface area contributed by atoms with E-state index < -0.39 is 20.5 Å². The van der Waals surface area contributed by atoms with Gasteiger partial charge in [0.05, 0.1) is 0 Å². The lowest BCUT2D eigenvalue weighted by Crippen LogP contribution is -2.32. The maximum atomic E-state index is 11.4. The molecule has 0 saturated heterocycles. The molecule has 0 unspecified atom stereocenters. The molecule has 0 bridgehead atoms. The summed E-state index contributed by atoms with van der Waals surface area (Å²) in [6.45, 7) is 1.93. The summed E-state index contributed by atoms with van der Waals surface area (Å²) in [5.41, 5.74) is -0.781. The maximum absolute atomic E-state index is 11.4. The van der Waals surface area contributed by atoms with Crippen molar-refractivity contribution < 1.29 is 13.3 Å². The van der Waals surface area contributed by atoms with Crippen molar-refractivity contribution in [1.82, 2.24) is 4.73 Å². The second kappa shape index (κ2) is 3.81. The summed E-state index contributed by atoms with van der Waals surface area (Å²) in [5.74, 6) is 0. The molecule has 0 spiro atoms. The van der Waals surface area contributed by atoms with E-state index in [4.69, 9.17) is 9.98 Å². The molecule has 0 aliphatic rings. The van der Waals surface area contributed by atoms with Crippen LogP contribution in [0.1, 0.15) is 6.92 Å². The van der Waals surface area contributed by atoms with Crippen molar-refractivity contribution in [2.24, 2.45) is 5.14 Å². The number of sulfonamides is 1. The fraction of sp³-hybridized carbons (Fsp3) is 0.286. The normalized spacial score (nSPS) is 11.3. The van der Waals surface area contributed by atoms with Crippen molar-refractivity contribution in [1.29, 1.82) is 0 Å². The second-order valence-electron chi connectivity index (χ2n) is 2.47. The topological polar surface area (TPSA) is 91.4 Å². The predicted octanol–water partition coefficient (Wildman–Crippen LogP) is -1.06. The van der Waals surface area contributed by atoms with Crippen LogP contribution in [0.3, 0.4) is 0 Å². The number of hydrogen-bond donors (Lipinski definition) is 1. The van der Waals surface area contributed by atoms with E-state index in [0.29, 0.717) is 0 Å². The Bertz CT molecular complexity index is 477. The van der Waals surface area contributed by atoms with Crippen molar-refractivity contribution >= 4 is 10.0 Å². The van der Waals surface area contributed by atoms with Crippen molar-refractivity contribution in [3.05, 3.63) is 28.7 Å². The van der Waals surface area contributed by atoms with Crippen LogP contribution >= 0.6 is 0 Å². The molecule has 0 saturated carbocycles. The van der Waals surface area contributed by atoms with Crippen LogP contribution in [0.5, 0.6) is 0 Å². The molecule has 0 radical (unpaired) electrons. The summed E-state index contributed by atoms with van der Waals surface area (Å²) in [6.07, 6.45) is 1.32. The van der Waals surface area contributed by atoms with E-state index in [1.54, 1.807) is 6.92 Å². The Morgan fingerprint density at radius 1 is 1.57 bits per heavy atom. The fourth-order valence-electron chi connectivity index (χ4n) is 0.913. The summed E-state index contributed by atoms with van der Waals surface area (Å²) in [7, 11) is -3.99. The lowest BCUT2D eigenvalue weighted by Gasteiger charge is -2.06. The Morgan fingerprint density at radius 2 is 2.21 bits per heavy atom. The Labute approximate surface area is 80.9 Å². The van der Waals surface area contributed by atoms with Crippen LogP contribution in [0.2, 0.25) is 0 Å². The minimum Gasteiger partial charge on any atom is -0.411 e. The van der Waals surface area contributed by atoms with Gasteiger partial charge < -0.3 is 4.84 Å². The van der Waals surface area contributed by atoms with E-state index in [1.165, 1.54) is 12.3 Å².